The number of fused-ring (bicyclic) bond motifs is 1. The van der Waals surface area contributed by atoms with Gasteiger partial charge in [0.2, 0.25) is 11.8 Å². The lowest BCUT2D eigenvalue weighted by Crippen LogP contribution is -2.52. The highest BCUT2D eigenvalue weighted by atomic mass is 16.2. The van der Waals surface area contributed by atoms with Crippen LogP contribution < -0.4 is 16.0 Å². The number of rotatable bonds is 5. The van der Waals surface area contributed by atoms with E-state index in [2.05, 4.69) is 22.0 Å². The fraction of sp³-hybridized carbons (Fsp3) is 0.233. The average molecular weight is 522 g/mol. The molecule has 3 aromatic carbocycles. The summed E-state index contributed by atoms with van der Waals surface area (Å²) in [6.45, 7) is 4.01. The highest BCUT2D eigenvalue weighted by Gasteiger charge is 2.39. The van der Waals surface area contributed by atoms with Crippen LogP contribution in [0.25, 0.3) is 11.1 Å². The van der Waals surface area contributed by atoms with E-state index in [1.54, 1.807) is 24.3 Å². The van der Waals surface area contributed by atoms with E-state index in [0.29, 0.717) is 28.8 Å². The molecule has 0 saturated carbocycles. The van der Waals surface area contributed by atoms with Crippen LogP contribution in [0.5, 0.6) is 0 Å². The van der Waals surface area contributed by atoms with Crippen molar-refractivity contribution in [2.75, 3.05) is 5.32 Å². The summed E-state index contributed by atoms with van der Waals surface area (Å²) in [5.74, 6) is -1.06. The normalized spacial score (nSPS) is 16.8. The second-order valence-electron chi connectivity index (χ2n) is 10.2. The average Bonchev–Trinajstić information content (AvgIpc) is 3.23. The molecule has 1 saturated heterocycles. The monoisotopic (exact) mass is 521 g/mol. The molecule has 1 atom stereocenters. The van der Waals surface area contributed by atoms with Gasteiger partial charge in [-0.25, -0.2) is 4.79 Å². The number of anilines is 1. The number of nitrogens with zero attached hydrogens (tertiary/aromatic N) is 2. The molecule has 1 unspecified atom stereocenters. The lowest BCUT2D eigenvalue weighted by Gasteiger charge is -2.29. The molecule has 0 spiro atoms. The van der Waals surface area contributed by atoms with Gasteiger partial charge in [0.15, 0.2) is 0 Å². The molecule has 0 aliphatic carbocycles. The number of hydrogen-bond acceptors (Lipinski definition) is 5. The molecule has 2 aliphatic rings. The predicted octanol–water partition coefficient (Wildman–Crippen LogP) is 4.04. The van der Waals surface area contributed by atoms with Crippen LogP contribution in [0.2, 0.25) is 0 Å². The van der Waals surface area contributed by atoms with Gasteiger partial charge in [0.1, 0.15) is 6.04 Å². The van der Waals surface area contributed by atoms with Gasteiger partial charge in [0.05, 0.1) is 17.2 Å². The second kappa shape index (κ2) is 10.1. The van der Waals surface area contributed by atoms with E-state index in [4.69, 9.17) is 0 Å². The number of carbonyl (C=O) groups is 4. The summed E-state index contributed by atoms with van der Waals surface area (Å²) in [7, 11) is 0. The first-order valence-corrected chi connectivity index (χ1v) is 12.6. The van der Waals surface area contributed by atoms with Crippen LogP contribution >= 0.6 is 0 Å². The summed E-state index contributed by atoms with van der Waals surface area (Å²) < 4.78 is 0. The summed E-state index contributed by atoms with van der Waals surface area (Å²) in [6, 6.07) is 21.2. The van der Waals surface area contributed by atoms with Crippen molar-refractivity contribution < 1.29 is 19.2 Å². The zero-order valence-electron chi connectivity index (χ0n) is 21.6. The van der Waals surface area contributed by atoms with Gasteiger partial charge in [-0.2, -0.15) is 5.26 Å². The quantitative estimate of drug-likeness (QED) is 0.436. The molecule has 3 N–H and O–H groups in total. The van der Waals surface area contributed by atoms with Gasteiger partial charge in [-0.05, 0) is 66.8 Å². The second-order valence-corrected chi connectivity index (χ2v) is 10.2. The molecule has 0 radical (unpaired) electrons. The van der Waals surface area contributed by atoms with Crippen LogP contribution in [0.3, 0.4) is 0 Å². The molecule has 5 rings (SSSR count). The Morgan fingerprint density at radius 1 is 1.03 bits per heavy atom. The molecule has 39 heavy (non-hydrogen) atoms. The van der Waals surface area contributed by atoms with Crippen LogP contribution in [0.4, 0.5) is 10.5 Å². The van der Waals surface area contributed by atoms with Crippen molar-refractivity contribution in [3.63, 3.8) is 0 Å². The Morgan fingerprint density at radius 2 is 1.77 bits per heavy atom. The Hall–Kier alpha value is -4.97. The Labute approximate surface area is 225 Å². The van der Waals surface area contributed by atoms with Gasteiger partial charge in [-0.1, -0.05) is 42.5 Å². The molecule has 2 heterocycles. The third kappa shape index (κ3) is 5.09. The summed E-state index contributed by atoms with van der Waals surface area (Å²) in [4.78, 5) is 51.0. The molecule has 0 bridgehead atoms. The van der Waals surface area contributed by atoms with Gasteiger partial charge < -0.3 is 15.5 Å². The van der Waals surface area contributed by atoms with E-state index in [1.807, 2.05) is 56.3 Å². The van der Waals surface area contributed by atoms with Gasteiger partial charge in [-0.15, -0.1) is 0 Å². The minimum atomic E-state index is -0.702. The molecule has 0 aromatic heterocycles. The standard InChI is InChI=1S/C30H27N5O4/c1-30(2,21-9-7-18(8-10-21)23-6-4-3-5-19(23)16-31)34-29(39)32-22-11-12-24-20(15-22)17-35(28(24)38)25-13-14-26(36)33-27(25)37/h3-12,15,25H,13-14,17H2,1-2H3,(H2,32,34,39)(H,33,36,37). The molecule has 1 fully saturated rings. The third-order valence-corrected chi connectivity index (χ3v) is 7.17. The maximum absolute atomic E-state index is 12.9. The molecule has 9 nitrogen and oxygen atoms in total. The van der Waals surface area contributed by atoms with Crippen LogP contribution in [-0.4, -0.2) is 34.7 Å². The van der Waals surface area contributed by atoms with Crippen LogP contribution in [-0.2, 0) is 21.7 Å². The number of nitrogens with one attached hydrogen (secondary N) is 3. The van der Waals surface area contributed by atoms with Gasteiger partial charge in [-0.3, -0.25) is 19.7 Å². The van der Waals surface area contributed by atoms with E-state index in [9.17, 15) is 24.4 Å². The molecule has 196 valence electrons. The Kier molecular flexibility index (Phi) is 6.62. The van der Waals surface area contributed by atoms with Crippen molar-refractivity contribution in [2.45, 2.75) is 44.8 Å². The van der Waals surface area contributed by atoms with Gasteiger partial charge in [0.25, 0.3) is 5.91 Å². The van der Waals surface area contributed by atoms with E-state index < -0.39 is 23.5 Å². The molecule has 9 heteroatoms. The molecule has 2 aliphatic heterocycles. The number of carbonyl (C=O) groups excluding carboxylic acids is 4. The molecular formula is C30H27N5O4. The molecule has 3 aromatic rings. The largest absolute Gasteiger partial charge is 0.329 e. The minimum Gasteiger partial charge on any atom is -0.329 e. The van der Waals surface area contributed by atoms with E-state index in [0.717, 1.165) is 16.7 Å². The summed E-state index contributed by atoms with van der Waals surface area (Å²) >= 11 is 0. The molecular weight excluding hydrogens is 494 g/mol. The smallest absolute Gasteiger partial charge is 0.319 e. The van der Waals surface area contributed by atoms with Gasteiger partial charge >= 0.3 is 6.03 Å². The number of piperidine rings is 1. The topological polar surface area (TPSA) is 131 Å². The van der Waals surface area contributed by atoms with Crippen molar-refractivity contribution in [2.24, 2.45) is 0 Å². The lowest BCUT2D eigenvalue weighted by atomic mass is 9.91. The lowest BCUT2D eigenvalue weighted by molar-refractivity contribution is -0.136. The van der Waals surface area contributed by atoms with Crippen molar-refractivity contribution in [1.29, 1.82) is 5.26 Å². The maximum atomic E-state index is 12.9. The van der Waals surface area contributed by atoms with Crippen LogP contribution in [0, 0.1) is 11.3 Å². The Balaban J connectivity index is 1.25. The van der Waals surface area contributed by atoms with Crippen LogP contribution in [0.1, 0.15) is 53.7 Å². The zero-order chi connectivity index (χ0) is 27.7. The minimum absolute atomic E-state index is 0.190. The number of urea groups is 1. The number of amides is 5. The Bertz CT molecular complexity index is 1540. The van der Waals surface area contributed by atoms with Crippen LogP contribution in [0.15, 0.2) is 66.7 Å². The number of imide groups is 1. The Morgan fingerprint density at radius 3 is 2.49 bits per heavy atom. The fourth-order valence-electron chi connectivity index (χ4n) is 5.07. The zero-order valence-corrected chi connectivity index (χ0v) is 21.6. The first-order valence-electron chi connectivity index (χ1n) is 12.6. The highest BCUT2D eigenvalue weighted by Crippen LogP contribution is 2.30. The highest BCUT2D eigenvalue weighted by molar-refractivity contribution is 6.05. The van der Waals surface area contributed by atoms with Crippen molar-refractivity contribution in [1.82, 2.24) is 15.5 Å². The van der Waals surface area contributed by atoms with E-state index >= 15 is 0 Å². The SMILES string of the molecule is CC(C)(NC(=O)Nc1ccc2c(c1)CN(C1CCC(=O)NC1=O)C2=O)c1ccc(-c2ccccc2C#N)cc1. The third-order valence-electron chi connectivity index (χ3n) is 7.17. The number of nitriles is 1. The van der Waals surface area contributed by atoms with Crippen molar-refractivity contribution in [3.8, 4) is 17.2 Å². The maximum Gasteiger partial charge on any atom is 0.319 e. The van der Waals surface area contributed by atoms with E-state index in [1.165, 1.54) is 4.90 Å². The number of benzene rings is 3. The van der Waals surface area contributed by atoms with Crippen molar-refractivity contribution >= 4 is 29.4 Å². The van der Waals surface area contributed by atoms with Gasteiger partial charge in [0, 0.05) is 24.2 Å². The summed E-state index contributed by atoms with van der Waals surface area (Å²) in [5.41, 5.74) is 4.24. The number of hydrogen-bond donors (Lipinski definition) is 3. The first kappa shape index (κ1) is 25.7. The summed E-state index contributed by atoms with van der Waals surface area (Å²) in [6.07, 6.45) is 0.480. The van der Waals surface area contributed by atoms with E-state index in [-0.39, 0.29) is 24.8 Å². The van der Waals surface area contributed by atoms with Crippen molar-refractivity contribution in [3.05, 3.63) is 89.0 Å². The summed E-state index contributed by atoms with van der Waals surface area (Å²) in [5, 5.41) is 17.5. The first-order chi connectivity index (χ1) is 18.7. The fourth-order valence-corrected chi connectivity index (χ4v) is 5.07. The molecule has 5 amide bonds. The predicted molar refractivity (Wildman–Crippen MR) is 144 cm³/mol.